The Kier molecular flexibility index (Phi) is 3.99. The Morgan fingerprint density at radius 1 is 0.926 bits per heavy atom. The summed E-state index contributed by atoms with van der Waals surface area (Å²) >= 11 is 0. The smallest absolute Gasteiger partial charge is 0.268 e. The van der Waals surface area contributed by atoms with Crippen molar-refractivity contribution in [2.45, 2.75) is 6.18 Å². The van der Waals surface area contributed by atoms with Crippen LogP contribution in [0.15, 0.2) is 78.0 Å². The molecule has 0 amide bonds. The zero-order valence-corrected chi connectivity index (χ0v) is 13.8. The molecular weight excluding hydrogens is 355 g/mol. The first-order valence-electron chi connectivity index (χ1n) is 8.04. The molecule has 1 aromatic carbocycles. The van der Waals surface area contributed by atoms with Gasteiger partial charge >= 0.3 is 6.18 Å². The SMILES string of the molecule is O=c1c(-c2cccnc2)cc2cccnc2n1-c1cccc(C(F)(F)F)c1. The summed E-state index contributed by atoms with van der Waals surface area (Å²) in [7, 11) is 0. The zero-order chi connectivity index (χ0) is 19.0. The highest BCUT2D eigenvalue weighted by molar-refractivity contribution is 5.82. The molecule has 3 aromatic heterocycles. The van der Waals surface area contributed by atoms with Crippen LogP contribution < -0.4 is 5.56 Å². The van der Waals surface area contributed by atoms with Crippen molar-refractivity contribution in [2.75, 3.05) is 0 Å². The Bertz CT molecular complexity index is 1180. The van der Waals surface area contributed by atoms with Crippen molar-refractivity contribution in [2.24, 2.45) is 0 Å². The molecule has 4 aromatic rings. The van der Waals surface area contributed by atoms with Gasteiger partial charge in [0.25, 0.3) is 5.56 Å². The maximum Gasteiger partial charge on any atom is 0.416 e. The van der Waals surface area contributed by atoms with Crippen LogP contribution in [0.4, 0.5) is 13.2 Å². The van der Waals surface area contributed by atoms with Crippen molar-refractivity contribution in [3.05, 3.63) is 89.1 Å². The fourth-order valence-electron chi connectivity index (χ4n) is 2.93. The Morgan fingerprint density at radius 2 is 1.74 bits per heavy atom. The molecule has 0 saturated carbocycles. The van der Waals surface area contributed by atoms with Crippen LogP contribution in [0.3, 0.4) is 0 Å². The molecule has 0 radical (unpaired) electrons. The number of aromatic nitrogens is 3. The largest absolute Gasteiger partial charge is 0.416 e. The number of hydrogen-bond acceptors (Lipinski definition) is 3. The van der Waals surface area contributed by atoms with Crippen molar-refractivity contribution < 1.29 is 13.2 Å². The van der Waals surface area contributed by atoms with Crippen molar-refractivity contribution >= 4 is 11.0 Å². The molecule has 0 N–H and O–H groups in total. The molecule has 0 atom stereocenters. The van der Waals surface area contributed by atoms with Crippen LogP contribution in [-0.2, 0) is 6.18 Å². The lowest BCUT2D eigenvalue weighted by Gasteiger charge is -2.14. The van der Waals surface area contributed by atoms with E-state index in [-0.39, 0.29) is 11.3 Å². The molecule has 0 aliphatic heterocycles. The first-order chi connectivity index (χ1) is 12.9. The number of pyridine rings is 3. The van der Waals surface area contributed by atoms with Crippen LogP contribution in [0.25, 0.3) is 27.8 Å². The van der Waals surface area contributed by atoms with E-state index in [1.54, 1.807) is 36.5 Å². The second kappa shape index (κ2) is 6.35. The van der Waals surface area contributed by atoms with Gasteiger partial charge in [0.1, 0.15) is 5.65 Å². The Balaban J connectivity index is 2.06. The van der Waals surface area contributed by atoms with Crippen molar-refractivity contribution in [1.29, 1.82) is 0 Å². The quantitative estimate of drug-likeness (QED) is 0.525. The predicted octanol–water partition coefficient (Wildman–Crippen LogP) is 4.47. The molecule has 0 spiro atoms. The molecule has 4 rings (SSSR count). The number of hydrogen-bond donors (Lipinski definition) is 0. The van der Waals surface area contributed by atoms with E-state index in [0.717, 1.165) is 12.1 Å². The molecule has 27 heavy (non-hydrogen) atoms. The summed E-state index contributed by atoms with van der Waals surface area (Å²) in [5, 5.41) is 0.633. The van der Waals surface area contributed by atoms with Crippen LogP contribution in [0.5, 0.6) is 0 Å². The highest BCUT2D eigenvalue weighted by Crippen LogP contribution is 2.31. The molecule has 0 saturated heterocycles. The molecule has 7 heteroatoms. The standard InChI is InChI=1S/C20H12F3N3O/c21-20(22,23)15-6-1-7-16(11-15)26-18-13(4-3-9-25-18)10-17(19(26)27)14-5-2-8-24-12-14/h1-12H. The minimum Gasteiger partial charge on any atom is -0.268 e. The average Bonchev–Trinajstić information content (AvgIpc) is 2.67. The van der Waals surface area contributed by atoms with Gasteiger partial charge in [-0.05, 0) is 42.5 Å². The molecule has 0 aliphatic carbocycles. The molecule has 0 fully saturated rings. The van der Waals surface area contributed by atoms with Crippen molar-refractivity contribution in [3.8, 4) is 16.8 Å². The van der Waals surface area contributed by atoms with Gasteiger partial charge in [0.05, 0.1) is 11.3 Å². The van der Waals surface area contributed by atoms with Gasteiger partial charge in [-0.15, -0.1) is 0 Å². The number of benzene rings is 1. The predicted molar refractivity (Wildman–Crippen MR) is 95.6 cm³/mol. The first-order valence-corrected chi connectivity index (χ1v) is 8.04. The highest BCUT2D eigenvalue weighted by Gasteiger charge is 2.30. The Hall–Kier alpha value is -3.48. The Morgan fingerprint density at radius 3 is 2.48 bits per heavy atom. The molecule has 134 valence electrons. The van der Waals surface area contributed by atoms with Crippen molar-refractivity contribution in [3.63, 3.8) is 0 Å². The minimum absolute atomic E-state index is 0.101. The van der Waals surface area contributed by atoms with E-state index in [0.29, 0.717) is 16.5 Å². The van der Waals surface area contributed by atoms with Gasteiger partial charge in [0.15, 0.2) is 0 Å². The van der Waals surface area contributed by atoms with Gasteiger partial charge in [0.2, 0.25) is 0 Å². The van der Waals surface area contributed by atoms with Gasteiger partial charge in [-0.2, -0.15) is 13.2 Å². The van der Waals surface area contributed by atoms with Crippen LogP contribution in [0.2, 0.25) is 0 Å². The Labute approximate surface area is 151 Å². The average molecular weight is 367 g/mol. The van der Waals surface area contributed by atoms with Crippen LogP contribution in [-0.4, -0.2) is 14.5 Å². The van der Waals surface area contributed by atoms with E-state index < -0.39 is 17.3 Å². The number of alkyl halides is 3. The van der Waals surface area contributed by atoms with E-state index >= 15 is 0 Å². The zero-order valence-electron chi connectivity index (χ0n) is 13.8. The van der Waals surface area contributed by atoms with Gasteiger partial charge in [0, 0.05) is 35.1 Å². The lowest BCUT2D eigenvalue weighted by molar-refractivity contribution is -0.137. The summed E-state index contributed by atoms with van der Waals surface area (Å²) in [6, 6.07) is 13.2. The molecule has 0 aliphatic rings. The molecule has 4 nitrogen and oxygen atoms in total. The number of fused-ring (bicyclic) bond motifs is 1. The van der Waals surface area contributed by atoms with Crippen molar-refractivity contribution in [1.82, 2.24) is 14.5 Å². The molecule has 0 unspecified atom stereocenters. The number of nitrogens with zero attached hydrogens (tertiary/aromatic N) is 3. The number of halogens is 3. The fourth-order valence-corrected chi connectivity index (χ4v) is 2.93. The van der Waals surface area contributed by atoms with E-state index in [2.05, 4.69) is 9.97 Å². The second-order valence-electron chi connectivity index (χ2n) is 5.90. The third-order valence-electron chi connectivity index (χ3n) is 4.17. The van der Waals surface area contributed by atoms with Gasteiger partial charge in [-0.25, -0.2) is 4.98 Å². The van der Waals surface area contributed by atoms with Crippen LogP contribution >= 0.6 is 0 Å². The lowest BCUT2D eigenvalue weighted by Crippen LogP contribution is -2.22. The van der Waals surface area contributed by atoms with Crippen LogP contribution in [0, 0.1) is 0 Å². The minimum atomic E-state index is -4.51. The summed E-state index contributed by atoms with van der Waals surface area (Å²) in [5.41, 5.74) is 0.00464. The van der Waals surface area contributed by atoms with Gasteiger partial charge in [-0.3, -0.25) is 14.3 Å². The third kappa shape index (κ3) is 3.08. The molecular formula is C20H12F3N3O. The molecule has 0 bridgehead atoms. The third-order valence-corrected chi connectivity index (χ3v) is 4.17. The topological polar surface area (TPSA) is 47.8 Å². The number of rotatable bonds is 2. The second-order valence-corrected chi connectivity index (χ2v) is 5.90. The normalized spacial score (nSPS) is 11.7. The monoisotopic (exact) mass is 367 g/mol. The van der Waals surface area contributed by atoms with Gasteiger partial charge < -0.3 is 0 Å². The van der Waals surface area contributed by atoms with Gasteiger partial charge in [-0.1, -0.05) is 12.1 Å². The summed E-state index contributed by atoms with van der Waals surface area (Å²) in [6.07, 6.45) is 0.103. The van der Waals surface area contributed by atoms with E-state index in [1.807, 2.05) is 0 Å². The maximum absolute atomic E-state index is 13.2. The summed E-state index contributed by atoms with van der Waals surface area (Å²) in [5.74, 6) is 0. The maximum atomic E-state index is 13.2. The summed E-state index contributed by atoms with van der Waals surface area (Å²) in [6.45, 7) is 0. The summed E-state index contributed by atoms with van der Waals surface area (Å²) in [4.78, 5) is 21.4. The van der Waals surface area contributed by atoms with Crippen LogP contribution in [0.1, 0.15) is 5.56 Å². The summed E-state index contributed by atoms with van der Waals surface area (Å²) < 4.78 is 40.6. The molecule has 3 heterocycles. The van der Waals surface area contributed by atoms with E-state index in [1.165, 1.54) is 29.1 Å². The fraction of sp³-hybridized carbons (Fsp3) is 0.0500. The highest BCUT2D eigenvalue weighted by atomic mass is 19.4. The lowest BCUT2D eigenvalue weighted by atomic mass is 10.1. The van der Waals surface area contributed by atoms with E-state index in [4.69, 9.17) is 0 Å². The van der Waals surface area contributed by atoms with E-state index in [9.17, 15) is 18.0 Å². The first kappa shape index (κ1) is 17.0.